The Kier molecular flexibility index (Phi) is 5.08. The molecular formula is C15H27N3O3. The van der Waals surface area contributed by atoms with Crippen LogP contribution >= 0.6 is 0 Å². The average molecular weight is 297 g/mol. The standard InChI is InChI=1S/C15H27N3O3/c1-17(14(21)18-9-5-12(16)6-10-18)15(11-13(19)20)7-3-2-4-8-15/h12H,2-11,16H2,1H3,(H,19,20). The van der Waals surface area contributed by atoms with Crippen molar-refractivity contribution in [2.75, 3.05) is 20.1 Å². The lowest BCUT2D eigenvalue weighted by molar-refractivity contribution is -0.140. The van der Waals surface area contributed by atoms with Crippen LogP contribution in [0.1, 0.15) is 51.4 Å². The molecule has 0 aromatic rings. The van der Waals surface area contributed by atoms with E-state index in [-0.39, 0.29) is 18.5 Å². The number of aliphatic carboxylic acids is 1. The normalized spacial score (nSPS) is 22.9. The average Bonchev–Trinajstić information content (AvgIpc) is 2.47. The van der Waals surface area contributed by atoms with Crippen molar-refractivity contribution in [3.63, 3.8) is 0 Å². The molecule has 1 saturated heterocycles. The number of carbonyl (C=O) groups excluding carboxylic acids is 1. The number of carboxylic acid groups (broad SMARTS) is 1. The Hall–Kier alpha value is -1.30. The molecule has 1 saturated carbocycles. The molecule has 1 heterocycles. The van der Waals surface area contributed by atoms with E-state index in [4.69, 9.17) is 5.73 Å². The van der Waals surface area contributed by atoms with Gasteiger partial charge >= 0.3 is 12.0 Å². The van der Waals surface area contributed by atoms with Crippen LogP contribution < -0.4 is 5.73 Å². The van der Waals surface area contributed by atoms with Gasteiger partial charge in [-0.05, 0) is 25.7 Å². The summed E-state index contributed by atoms with van der Waals surface area (Å²) < 4.78 is 0. The SMILES string of the molecule is CN(C(=O)N1CCC(N)CC1)C1(CC(=O)O)CCCCC1. The predicted molar refractivity (Wildman–Crippen MR) is 80.0 cm³/mol. The fraction of sp³-hybridized carbons (Fsp3) is 0.867. The number of amides is 2. The van der Waals surface area contributed by atoms with E-state index in [1.54, 1.807) is 11.9 Å². The Bertz CT molecular complexity index is 386. The molecule has 3 N–H and O–H groups in total. The lowest BCUT2D eigenvalue weighted by atomic mass is 9.78. The number of hydrogen-bond donors (Lipinski definition) is 2. The van der Waals surface area contributed by atoms with E-state index in [1.165, 1.54) is 0 Å². The molecule has 1 aliphatic carbocycles. The molecule has 21 heavy (non-hydrogen) atoms. The van der Waals surface area contributed by atoms with Crippen LogP contribution in [0.2, 0.25) is 0 Å². The fourth-order valence-corrected chi connectivity index (χ4v) is 3.63. The van der Waals surface area contributed by atoms with Crippen LogP contribution in [0.25, 0.3) is 0 Å². The summed E-state index contributed by atoms with van der Waals surface area (Å²) in [5, 5.41) is 9.24. The van der Waals surface area contributed by atoms with Gasteiger partial charge in [0.05, 0.1) is 12.0 Å². The van der Waals surface area contributed by atoms with Crippen molar-refractivity contribution < 1.29 is 14.7 Å². The van der Waals surface area contributed by atoms with E-state index in [9.17, 15) is 14.7 Å². The molecule has 120 valence electrons. The molecule has 2 aliphatic rings. The number of carboxylic acids is 1. The predicted octanol–water partition coefficient (Wildman–Crippen LogP) is 1.64. The summed E-state index contributed by atoms with van der Waals surface area (Å²) in [7, 11) is 1.77. The van der Waals surface area contributed by atoms with Crippen molar-refractivity contribution in [1.82, 2.24) is 9.80 Å². The van der Waals surface area contributed by atoms with Crippen LogP contribution in [0, 0.1) is 0 Å². The third-order valence-electron chi connectivity index (χ3n) is 5.07. The van der Waals surface area contributed by atoms with E-state index in [0.717, 1.165) is 44.9 Å². The highest BCUT2D eigenvalue weighted by Gasteiger charge is 2.42. The second-order valence-electron chi connectivity index (χ2n) is 6.52. The van der Waals surface area contributed by atoms with Crippen molar-refractivity contribution in [3.05, 3.63) is 0 Å². The molecule has 6 nitrogen and oxygen atoms in total. The third-order valence-corrected chi connectivity index (χ3v) is 5.07. The van der Waals surface area contributed by atoms with Gasteiger partial charge in [0.2, 0.25) is 0 Å². The van der Waals surface area contributed by atoms with Crippen LogP contribution in [-0.4, -0.2) is 58.6 Å². The first-order valence-corrected chi connectivity index (χ1v) is 7.95. The number of urea groups is 1. The summed E-state index contributed by atoms with van der Waals surface area (Å²) >= 11 is 0. The van der Waals surface area contributed by atoms with Crippen LogP contribution in [0.3, 0.4) is 0 Å². The van der Waals surface area contributed by atoms with Crippen LogP contribution in [-0.2, 0) is 4.79 Å². The second-order valence-corrected chi connectivity index (χ2v) is 6.52. The Morgan fingerprint density at radius 2 is 1.81 bits per heavy atom. The molecule has 2 amide bonds. The number of nitrogens with zero attached hydrogens (tertiary/aromatic N) is 2. The van der Waals surface area contributed by atoms with Gasteiger partial charge in [-0.2, -0.15) is 0 Å². The zero-order valence-corrected chi connectivity index (χ0v) is 12.9. The molecule has 1 aliphatic heterocycles. The minimum atomic E-state index is -0.822. The molecule has 0 aromatic carbocycles. The molecule has 2 rings (SSSR count). The van der Waals surface area contributed by atoms with E-state index in [0.29, 0.717) is 13.1 Å². The first-order valence-electron chi connectivity index (χ1n) is 7.95. The summed E-state index contributed by atoms with van der Waals surface area (Å²) in [5.74, 6) is -0.822. The highest BCUT2D eigenvalue weighted by molar-refractivity contribution is 5.77. The van der Waals surface area contributed by atoms with Crippen LogP contribution in [0.4, 0.5) is 4.79 Å². The Labute approximate surface area is 126 Å². The molecule has 0 unspecified atom stereocenters. The second kappa shape index (κ2) is 6.64. The van der Waals surface area contributed by atoms with Gasteiger partial charge in [-0.1, -0.05) is 19.3 Å². The molecule has 6 heteroatoms. The number of nitrogens with two attached hydrogens (primary N) is 1. The molecule has 0 atom stereocenters. The molecule has 2 fully saturated rings. The minimum absolute atomic E-state index is 0.0370. The molecule has 0 radical (unpaired) electrons. The van der Waals surface area contributed by atoms with Crippen LogP contribution in [0.5, 0.6) is 0 Å². The van der Waals surface area contributed by atoms with Gasteiger partial charge in [0, 0.05) is 26.2 Å². The Morgan fingerprint density at radius 1 is 1.24 bits per heavy atom. The number of piperidine rings is 1. The maximum atomic E-state index is 12.7. The zero-order valence-electron chi connectivity index (χ0n) is 12.9. The Morgan fingerprint density at radius 3 is 2.33 bits per heavy atom. The summed E-state index contributed by atoms with van der Waals surface area (Å²) in [4.78, 5) is 27.5. The monoisotopic (exact) mass is 297 g/mol. The topological polar surface area (TPSA) is 86.9 Å². The number of hydrogen-bond acceptors (Lipinski definition) is 3. The summed E-state index contributed by atoms with van der Waals surface area (Å²) in [6.07, 6.45) is 6.39. The van der Waals surface area contributed by atoms with E-state index in [1.807, 2.05) is 4.90 Å². The van der Waals surface area contributed by atoms with Gasteiger partial charge in [-0.15, -0.1) is 0 Å². The van der Waals surface area contributed by atoms with Crippen molar-refractivity contribution in [3.8, 4) is 0 Å². The highest BCUT2D eigenvalue weighted by atomic mass is 16.4. The maximum absolute atomic E-state index is 12.7. The van der Waals surface area contributed by atoms with Crippen molar-refractivity contribution >= 4 is 12.0 Å². The summed E-state index contributed by atoms with van der Waals surface area (Å²) in [6, 6.07) is 0.145. The van der Waals surface area contributed by atoms with Crippen molar-refractivity contribution in [1.29, 1.82) is 0 Å². The van der Waals surface area contributed by atoms with Gasteiger partial charge in [-0.3, -0.25) is 4.79 Å². The highest BCUT2D eigenvalue weighted by Crippen LogP contribution is 2.36. The van der Waals surface area contributed by atoms with Gasteiger partial charge in [0.25, 0.3) is 0 Å². The number of rotatable bonds is 3. The molecular weight excluding hydrogens is 270 g/mol. The van der Waals surface area contributed by atoms with Gasteiger partial charge in [0.15, 0.2) is 0 Å². The zero-order chi connectivity index (χ0) is 15.5. The van der Waals surface area contributed by atoms with E-state index < -0.39 is 11.5 Å². The van der Waals surface area contributed by atoms with E-state index >= 15 is 0 Å². The minimum Gasteiger partial charge on any atom is -0.481 e. The fourth-order valence-electron chi connectivity index (χ4n) is 3.63. The number of carbonyl (C=O) groups is 2. The van der Waals surface area contributed by atoms with Crippen LogP contribution in [0.15, 0.2) is 0 Å². The summed E-state index contributed by atoms with van der Waals surface area (Å²) in [5.41, 5.74) is 5.37. The first-order chi connectivity index (χ1) is 9.94. The smallest absolute Gasteiger partial charge is 0.320 e. The maximum Gasteiger partial charge on any atom is 0.320 e. The molecule has 0 aromatic heterocycles. The first kappa shape index (κ1) is 16.1. The quantitative estimate of drug-likeness (QED) is 0.829. The lowest BCUT2D eigenvalue weighted by Crippen LogP contribution is -2.57. The van der Waals surface area contributed by atoms with Gasteiger partial charge < -0.3 is 20.6 Å². The lowest BCUT2D eigenvalue weighted by Gasteiger charge is -2.46. The van der Waals surface area contributed by atoms with Gasteiger partial charge in [-0.25, -0.2) is 4.79 Å². The number of likely N-dealkylation sites (tertiary alicyclic amines) is 1. The molecule has 0 spiro atoms. The third kappa shape index (κ3) is 3.67. The van der Waals surface area contributed by atoms with E-state index in [2.05, 4.69) is 0 Å². The largest absolute Gasteiger partial charge is 0.481 e. The van der Waals surface area contributed by atoms with Crippen molar-refractivity contribution in [2.45, 2.75) is 62.9 Å². The van der Waals surface area contributed by atoms with Crippen molar-refractivity contribution in [2.24, 2.45) is 5.73 Å². The van der Waals surface area contributed by atoms with Gasteiger partial charge in [0.1, 0.15) is 0 Å². The summed E-state index contributed by atoms with van der Waals surface area (Å²) in [6.45, 7) is 1.35. The Balaban J connectivity index is 2.08. The molecule has 0 bridgehead atoms.